The van der Waals surface area contributed by atoms with E-state index < -0.39 is 6.04 Å². The molecule has 6 heteroatoms. The van der Waals surface area contributed by atoms with Gasteiger partial charge in [0.05, 0.1) is 12.1 Å². The third-order valence-electron chi connectivity index (χ3n) is 3.65. The maximum Gasteiger partial charge on any atom is 0.241 e. The Morgan fingerprint density at radius 3 is 2.85 bits per heavy atom. The van der Waals surface area contributed by atoms with Crippen LogP contribution in [0.5, 0.6) is 0 Å². The average molecular weight is 276 g/mol. The van der Waals surface area contributed by atoms with Crippen LogP contribution in [0.25, 0.3) is 0 Å². The molecule has 0 radical (unpaired) electrons. The van der Waals surface area contributed by atoms with Crippen molar-refractivity contribution in [2.45, 2.75) is 31.8 Å². The summed E-state index contributed by atoms with van der Waals surface area (Å²) >= 11 is 0. The number of amides is 2. The predicted molar refractivity (Wildman–Crippen MR) is 77.9 cm³/mol. The van der Waals surface area contributed by atoms with Crippen LogP contribution in [0.4, 0.5) is 11.4 Å². The van der Waals surface area contributed by atoms with Crippen molar-refractivity contribution in [3.8, 4) is 0 Å². The Hall–Kier alpha value is -2.08. The number of rotatable bonds is 4. The topological polar surface area (TPSA) is 101 Å². The Kier molecular flexibility index (Phi) is 4.24. The molecule has 1 aliphatic rings. The highest BCUT2D eigenvalue weighted by molar-refractivity contribution is 5.95. The molecule has 0 aromatic heterocycles. The van der Waals surface area contributed by atoms with E-state index in [4.69, 9.17) is 11.5 Å². The maximum atomic E-state index is 12.2. The van der Waals surface area contributed by atoms with Gasteiger partial charge in [-0.1, -0.05) is 6.07 Å². The summed E-state index contributed by atoms with van der Waals surface area (Å²) in [6.45, 7) is 2.49. The van der Waals surface area contributed by atoms with Crippen LogP contribution in [0.2, 0.25) is 0 Å². The van der Waals surface area contributed by atoms with Crippen molar-refractivity contribution in [1.82, 2.24) is 4.90 Å². The summed E-state index contributed by atoms with van der Waals surface area (Å²) in [5, 5.41) is 2.81. The summed E-state index contributed by atoms with van der Waals surface area (Å²) in [6.07, 6.45) is 1.59. The number of nitrogens with zero attached hydrogens (tertiary/aromatic N) is 1. The van der Waals surface area contributed by atoms with Gasteiger partial charge in [-0.15, -0.1) is 0 Å². The molecule has 5 N–H and O–H groups in total. The second-order valence-electron chi connectivity index (χ2n) is 5.09. The summed E-state index contributed by atoms with van der Waals surface area (Å²) in [5.41, 5.74) is 12.3. The second-order valence-corrected chi connectivity index (χ2v) is 5.09. The number of primary amides is 1. The van der Waals surface area contributed by atoms with Gasteiger partial charge in [0.25, 0.3) is 0 Å². The number of benzene rings is 1. The van der Waals surface area contributed by atoms with Gasteiger partial charge in [-0.3, -0.25) is 14.5 Å². The molecule has 2 atom stereocenters. The fraction of sp³-hybridized carbons (Fsp3) is 0.429. The lowest BCUT2D eigenvalue weighted by atomic mass is 10.1. The SMILES string of the molecule is CC(C(=O)Nc1cccc(N)c1)N1CCCC1C(N)=O. The number of likely N-dealkylation sites (tertiary alicyclic amines) is 1. The van der Waals surface area contributed by atoms with Crippen LogP contribution in [0.3, 0.4) is 0 Å². The minimum absolute atomic E-state index is 0.163. The summed E-state index contributed by atoms with van der Waals surface area (Å²) in [7, 11) is 0. The van der Waals surface area contributed by atoms with Gasteiger partial charge in [-0.05, 0) is 44.5 Å². The summed E-state index contributed by atoms with van der Waals surface area (Å²) in [6, 6.07) is 6.24. The number of anilines is 2. The largest absolute Gasteiger partial charge is 0.399 e. The van der Waals surface area contributed by atoms with Gasteiger partial charge in [0.2, 0.25) is 11.8 Å². The van der Waals surface area contributed by atoms with Crippen molar-refractivity contribution in [3.05, 3.63) is 24.3 Å². The molecule has 1 aromatic carbocycles. The van der Waals surface area contributed by atoms with Gasteiger partial charge in [-0.2, -0.15) is 0 Å². The Bertz CT molecular complexity index is 518. The average Bonchev–Trinajstić information content (AvgIpc) is 2.87. The molecule has 6 nitrogen and oxygen atoms in total. The number of nitrogens with one attached hydrogen (secondary N) is 1. The zero-order chi connectivity index (χ0) is 14.7. The molecule has 1 aliphatic heterocycles. The van der Waals surface area contributed by atoms with E-state index >= 15 is 0 Å². The van der Waals surface area contributed by atoms with Gasteiger partial charge in [0.1, 0.15) is 0 Å². The zero-order valence-corrected chi connectivity index (χ0v) is 11.5. The fourth-order valence-corrected chi connectivity index (χ4v) is 2.57. The van der Waals surface area contributed by atoms with Gasteiger partial charge < -0.3 is 16.8 Å². The Morgan fingerprint density at radius 2 is 2.20 bits per heavy atom. The van der Waals surface area contributed by atoms with Crippen LogP contribution >= 0.6 is 0 Å². The molecule has 0 spiro atoms. The molecule has 108 valence electrons. The summed E-state index contributed by atoms with van der Waals surface area (Å²) in [4.78, 5) is 25.5. The van der Waals surface area contributed by atoms with E-state index in [2.05, 4.69) is 5.32 Å². The Labute approximate surface area is 118 Å². The molecule has 2 amide bonds. The molecule has 1 heterocycles. The highest BCUT2D eigenvalue weighted by Gasteiger charge is 2.35. The third kappa shape index (κ3) is 3.08. The number of carbonyl (C=O) groups excluding carboxylic acids is 2. The first kappa shape index (κ1) is 14.3. The molecule has 1 aromatic rings. The number of nitrogens with two attached hydrogens (primary N) is 2. The normalized spacial score (nSPS) is 20.6. The molecule has 20 heavy (non-hydrogen) atoms. The van der Waals surface area contributed by atoms with Crippen molar-refractivity contribution in [1.29, 1.82) is 0 Å². The van der Waals surface area contributed by atoms with Crippen LogP contribution in [0.1, 0.15) is 19.8 Å². The van der Waals surface area contributed by atoms with Crippen molar-refractivity contribution in [2.75, 3.05) is 17.6 Å². The Morgan fingerprint density at radius 1 is 1.45 bits per heavy atom. The summed E-state index contributed by atoms with van der Waals surface area (Å²) < 4.78 is 0. The number of nitrogen functional groups attached to an aromatic ring is 1. The molecular formula is C14H20N4O2. The number of hydrogen-bond acceptors (Lipinski definition) is 4. The highest BCUT2D eigenvalue weighted by Crippen LogP contribution is 2.21. The maximum absolute atomic E-state index is 12.2. The van der Waals surface area contributed by atoms with Crippen LogP contribution < -0.4 is 16.8 Å². The van der Waals surface area contributed by atoms with E-state index in [-0.39, 0.29) is 17.9 Å². The van der Waals surface area contributed by atoms with E-state index in [0.717, 1.165) is 6.42 Å². The quantitative estimate of drug-likeness (QED) is 0.699. The minimum Gasteiger partial charge on any atom is -0.399 e. The molecule has 1 fully saturated rings. The molecule has 0 aliphatic carbocycles. The van der Waals surface area contributed by atoms with E-state index in [1.165, 1.54) is 0 Å². The first-order valence-electron chi connectivity index (χ1n) is 6.70. The van der Waals surface area contributed by atoms with E-state index in [9.17, 15) is 9.59 Å². The van der Waals surface area contributed by atoms with Crippen molar-refractivity contribution in [3.63, 3.8) is 0 Å². The lowest BCUT2D eigenvalue weighted by Gasteiger charge is -2.27. The Balaban J connectivity index is 2.03. The van der Waals surface area contributed by atoms with Gasteiger partial charge in [-0.25, -0.2) is 0 Å². The smallest absolute Gasteiger partial charge is 0.241 e. The van der Waals surface area contributed by atoms with Crippen LogP contribution in [0.15, 0.2) is 24.3 Å². The van der Waals surface area contributed by atoms with E-state index in [1.54, 1.807) is 31.2 Å². The second kappa shape index (κ2) is 5.92. The van der Waals surface area contributed by atoms with Crippen molar-refractivity contribution >= 4 is 23.2 Å². The fourth-order valence-electron chi connectivity index (χ4n) is 2.57. The molecule has 1 saturated heterocycles. The predicted octanol–water partition coefficient (Wildman–Crippen LogP) is 0.546. The van der Waals surface area contributed by atoms with Gasteiger partial charge in [0, 0.05) is 11.4 Å². The third-order valence-corrected chi connectivity index (χ3v) is 3.65. The molecular weight excluding hydrogens is 256 g/mol. The standard InChI is InChI=1S/C14H20N4O2/c1-9(18-7-3-6-12(18)13(16)19)14(20)17-11-5-2-4-10(15)8-11/h2,4-5,8-9,12H,3,6-7,15H2,1H3,(H2,16,19)(H,17,20). The van der Waals surface area contributed by atoms with E-state index in [0.29, 0.717) is 24.3 Å². The molecule has 0 bridgehead atoms. The monoisotopic (exact) mass is 276 g/mol. The lowest BCUT2D eigenvalue weighted by molar-refractivity contribution is -0.126. The molecule has 2 rings (SSSR count). The van der Waals surface area contributed by atoms with E-state index in [1.807, 2.05) is 4.90 Å². The first-order chi connectivity index (χ1) is 9.49. The van der Waals surface area contributed by atoms with Crippen molar-refractivity contribution in [2.24, 2.45) is 5.73 Å². The first-order valence-corrected chi connectivity index (χ1v) is 6.70. The molecule has 2 unspecified atom stereocenters. The number of carbonyl (C=O) groups is 2. The highest BCUT2D eigenvalue weighted by atomic mass is 16.2. The van der Waals surface area contributed by atoms with Crippen LogP contribution in [-0.4, -0.2) is 35.3 Å². The van der Waals surface area contributed by atoms with Gasteiger partial charge >= 0.3 is 0 Å². The van der Waals surface area contributed by atoms with Crippen molar-refractivity contribution < 1.29 is 9.59 Å². The summed E-state index contributed by atoms with van der Waals surface area (Å²) in [5.74, 6) is -0.533. The minimum atomic E-state index is -0.406. The molecule has 0 saturated carbocycles. The number of hydrogen-bond donors (Lipinski definition) is 3. The van der Waals surface area contributed by atoms with Crippen LogP contribution in [0, 0.1) is 0 Å². The van der Waals surface area contributed by atoms with Gasteiger partial charge in [0.15, 0.2) is 0 Å². The zero-order valence-electron chi connectivity index (χ0n) is 11.5. The van der Waals surface area contributed by atoms with Crippen LogP contribution in [-0.2, 0) is 9.59 Å². The lowest BCUT2D eigenvalue weighted by Crippen LogP contribution is -2.49.